The summed E-state index contributed by atoms with van der Waals surface area (Å²) in [5.74, 6) is 0.599. The predicted molar refractivity (Wildman–Crippen MR) is 121 cm³/mol. The number of nitrogens with zero attached hydrogens (tertiary/aromatic N) is 1. The van der Waals surface area contributed by atoms with E-state index in [1.807, 2.05) is 55.5 Å². The first kappa shape index (κ1) is 22.3. The second kappa shape index (κ2) is 10.6. The molecule has 1 fully saturated rings. The highest BCUT2D eigenvalue weighted by molar-refractivity contribution is 9.10. The van der Waals surface area contributed by atoms with Gasteiger partial charge in [-0.15, -0.1) is 0 Å². The van der Waals surface area contributed by atoms with E-state index in [-0.39, 0.29) is 24.3 Å². The molecule has 0 aromatic heterocycles. The molecule has 1 aliphatic rings. The van der Waals surface area contributed by atoms with Gasteiger partial charge in [-0.05, 0) is 55.2 Å². The number of halogens is 1. The molecule has 2 aromatic rings. The van der Waals surface area contributed by atoms with Gasteiger partial charge in [-0.25, -0.2) is 0 Å². The molecular weight excluding hydrogens is 444 g/mol. The van der Waals surface area contributed by atoms with Crippen LogP contribution in [0.2, 0.25) is 0 Å². The van der Waals surface area contributed by atoms with Crippen LogP contribution in [0, 0.1) is 0 Å². The summed E-state index contributed by atoms with van der Waals surface area (Å²) in [4.78, 5) is 27.8. The van der Waals surface area contributed by atoms with E-state index in [2.05, 4.69) is 21.2 Å². The first-order chi connectivity index (χ1) is 14.5. The summed E-state index contributed by atoms with van der Waals surface area (Å²) in [6.07, 6.45) is 4.58. The molecule has 0 aliphatic heterocycles. The summed E-state index contributed by atoms with van der Waals surface area (Å²) in [5, 5.41) is 3.13. The highest BCUT2D eigenvalue weighted by Crippen LogP contribution is 2.20. The van der Waals surface area contributed by atoms with Gasteiger partial charge in [-0.2, -0.15) is 0 Å². The summed E-state index contributed by atoms with van der Waals surface area (Å²) in [7, 11) is 1.62. The van der Waals surface area contributed by atoms with E-state index < -0.39 is 6.04 Å². The summed E-state index contributed by atoms with van der Waals surface area (Å²) in [6.45, 7) is 2.20. The van der Waals surface area contributed by atoms with Crippen LogP contribution >= 0.6 is 15.9 Å². The minimum atomic E-state index is -0.542. The topological polar surface area (TPSA) is 58.6 Å². The molecule has 2 amide bonds. The molecule has 1 atom stereocenters. The molecule has 0 radical (unpaired) electrons. The van der Waals surface area contributed by atoms with Crippen molar-refractivity contribution in [3.8, 4) is 5.75 Å². The van der Waals surface area contributed by atoms with Gasteiger partial charge >= 0.3 is 0 Å². The lowest BCUT2D eigenvalue weighted by Gasteiger charge is -2.30. The van der Waals surface area contributed by atoms with E-state index in [9.17, 15) is 9.59 Å². The molecule has 30 heavy (non-hydrogen) atoms. The fourth-order valence-electron chi connectivity index (χ4n) is 3.78. The lowest BCUT2D eigenvalue weighted by atomic mass is 10.1. The van der Waals surface area contributed by atoms with Crippen molar-refractivity contribution in [2.75, 3.05) is 7.11 Å². The molecule has 0 spiro atoms. The van der Waals surface area contributed by atoms with Crippen LogP contribution in [-0.4, -0.2) is 35.9 Å². The fraction of sp³-hybridized carbons (Fsp3) is 0.417. The van der Waals surface area contributed by atoms with Crippen molar-refractivity contribution in [2.24, 2.45) is 0 Å². The quantitative estimate of drug-likeness (QED) is 0.616. The Morgan fingerprint density at radius 3 is 2.27 bits per heavy atom. The molecule has 1 aliphatic carbocycles. The zero-order chi connectivity index (χ0) is 21.5. The largest absolute Gasteiger partial charge is 0.497 e. The zero-order valence-corrected chi connectivity index (χ0v) is 19.2. The van der Waals surface area contributed by atoms with E-state index in [0.717, 1.165) is 47.0 Å². The van der Waals surface area contributed by atoms with Crippen LogP contribution in [0.25, 0.3) is 0 Å². The molecule has 5 nitrogen and oxygen atoms in total. The lowest BCUT2D eigenvalue weighted by molar-refractivity contribution is -0.140. The number of carbonyl (C=O) groups is 2. The maximum atomic E-state index is 13.2. The van der Waals surface area contributed by atoms with Crippen molar-refractivity contribution < 1.29 is 14.3 Å². The molecule has 2 aromatic carbocycles. The molecule has 160 valence electrons. The van der Waals surface area contributed by atoms with Gasteiger partial charge < -0.3 is 15.0 Å². The Labute approximate surface area is 186 Å². The van der Waals surface area contributed by atoms with Gasteiger partial charge in [0.15, 0.2) is 0 Å². The predicted octanol–water partition coefficient (Wildman–Crippen LogP) is 4.48. The van der Waals surface area contributed by atoms with Crippen molar-refractivity contribution in [3.05, 3.63) is 64.1 Å². The van der Waals surface area contributed by atoms with Gasteiger partial charge in [0.2, 0.25) is 11.8 Å². The number of benzene rings is 2. The van der Waals surface area contributed by atoms with Crippen molar-refractivity contribution in [3.63, 3.8) is 0 Å². The zero-order valence-electron chi connectivity index (χ0n) is 17.6. The smallest absolute Gasteiger partial charge is 0.242 e. The molecule has 3 rings (SSSR count). The van der Waals surface area contributed by atoms with Gasteiger partial charge in [0, 0.05) is 17.1 Å². The Balaban J connectivity index is 1.74. The number of hydrogen-bond acceptors (Lipinski definition) is 3. The summed E-state index contributed by atoms with van der Waals surface area (Å²) < 4.78 is 6.17. The van der Waals surface area contributed by atoms with Crippen LogP contribution in [0.3, 0.4) is 0 Å². The van der Waals surface area contributed by atoms with Crippen molar-refractivity contribution >= 4 is 27.7 Å². The van der Waals surface area contributed by atoms with Crippen LogP contribution in [0.1, 0.15) is 43.7 Å². The highest BCUT2D eigenvalue weighted by atomic mass is 79.9. The van der Waals surface area contributed by atoms with Gasteiger partial charge in [0.25, 0.3) is 0 Å². The van der Waals surface area contributed by atoms with Gasteiger partial charge in [-0.1, -0.05) is 53.0 Å². The Hall–Kier alpha value is -2.34. The van der Waals surface area contributed by atoms with Crippen molar-refractivity contribution in [2.45, 2.75) is 57.7 Å². The molecule has 1 unspecified atom stereocenters. The highest BCUT2D eigenvalue weighted by Gasteiger charge is 2.28. The average Bonchev–Trinajstić information content (AvgIpc) is 3.26. The molecular formula is C24H29BrN2O3. The number of rotatable bonds is 8. The number of hydrogen-bond donors (Lipinski definition) is 1. The molecule has 6 heteroatoms. The minimum Gasteiger partial charge on any atom is -0.497 e. The lowest BCUT2D eigenvalue weighted by Crippen LogP contribution is -2.50. The van der Waals surface area contributed by atoms with Crippen molar-refractivity contribution in [1.82, 2.24) is 10.2 Å². The molecule has 0 bridgehead atoms. The fourth-order valence-corrected chi connectivity index (χ4v) is 4.04. The van der Waals surface area contributed by atoms with E-state index in [1.54, 1.807) is 12.0 Å². The second-order valence-electron chi connectivity index (χ2n) is 7.84. The second-order valence-corrected chi connectivity index (χ2v) is 8.75. The number of carbonyl (C=O) groups excluding carboxylic acids is 2. The molecule has 1 N–H and O–H groups in total. The summed E-state index contributed by atoms with van der Waals surface area (Å²) in [6, 6.07) is 15.0. The molecule has 0 saturated heterocycles. The third-order valence-corrected chi connectivity index (χ3v) is 6.18. The first-order valence-electron chi connectivity index (χ1n) is 10.4. The van der Waals surface area contributed by atoms with E-state index in [0.29, 0.717) is 6.54 Å². The van der Waals surface area contributed by atoms with Gasteiger partial charge in [-0.3, -0.25) is 9.59 Å². The van der Waals surface area contributed by atoms with Crippen LogP contribution in [-0.2, 0) is 22.6 Å². The van der Waals surface area contributed by atoms with Gasteiger partial charge in [0.1, 0.15) is 11.8 Å². The van der Waals surface area contributed by atoms with Crippen LogP contribution < -0.4 is 10.1 Å². The molecule has 0 heterocycles. The Morgan fingerprint density at radius 1 is 1.07 bits per heavy atom. The monoisotopic (exact) mass is 472 g/mol. The maximum Gasteiger partial charge on any atom is 0.242 e. The SMILES string of the molecule is COc1ccc(CC(=O)N(Cc2ccc(Br)cc2)C(C)C(=O)NC2CCCC2)cc1. The van der Waals surface area contributed by atoms with Crippen LogP contribution in [0.15, 0.2) is 53.0 Å². The number of nitrogens with one attached hydrogen (secondary N) is 1. The Morgan fingerprint density at radius 2 is 1.67 bits per heavy atom. The van der Waals surface area contributed by atoms with E-state index in [1.165, 1.54) is 0 Å². The third kappa shape index (κ3) is 6.08. The summed E-state index contributed by atoms with van der Waals surface area (Å²) in [5.41, 5.74) is 1.88. The maximum absolute atomic E-state index is 13.2. The average molecular weight is 473 g/mol. The molecule has 1 saturated carbocycles. The first-order valence-corrected chi connectivity index (χ1v) is 11.2. The number of amides is 2. The van der Waals surface area contributed by atoms with Crippen LogP contribution in [0.5, 0.6) is 5.75 Å². The standard InChI is InChI=1S/C24H29BrN2O3/c1-17(24(29)26-21-5-3-4-6-21)27(16-19-7-11-20(25)12-8-19)23(28)15-18-9-13-22(30-2)14-10-18/h7-14,17,21H,3-6,15-16H2,1-2H3,(H,26,29). The normalized spacial score (nSPS) is 14.9. The number of methoxy groups -OCH3 is 1. The van der Waals surface area contributed by atoms with Crippen LogP contribution in [0.4, 0.5) is 0 Å². The number of ether oxygens (including phenoxy) is 1. The van der Waals surface area contributed by atoms with E-state index >= 15 is 0 Å². The van der Waals surface area contributed by atoms with E-state index in [4.69, 9.17) is 4.74 Å². The third-order valence-electron chi connectivity index (χ3n) is 5.65. The Kier molecular flexibility index (Phi) is 7.91. The Bertz CT molecular complexity index is 846. The van der Waals surface area contributed by atoms with Crippen molar-refractivity contribution in [1.29, 1.82) is 0 Å². The van der Waals surface area contributed by atoms with Gasteiger partial charge in [0.05, 0.1) is 13.5 Å². The minimum absolute atomic E-state index is 0.0721. The summed E-state index contributed by atoms with van der Waals surface area (Å²) >= 11 is 3.44.